The van der Waals surface area contributed by atoms with Crippen molar-refractivity contribution in [1.82, 2.24) is 24.5 Å². The predicted octanol–water partition coefficient (Wildman–Crippen LogP) is 4.02. The van der Waals surface area contributed by atoms with E-state index in [4.69, 9.17) is 16.6 Å². The third-order valence-electron chi connectivity index (χ3n) is 6.01. The van der Waals surface area contributed by atoms with Crippen molar-refractivity contribution in [3.8, 4) is 11.3 Å². The minimum absolute atomic E-state index is 0.0912. The fraction of sp³-hybridized carbons (Fsp3) is 0.125. The van der Waals surface area contributed by atoms with Crippen molar-refractivity contribution in [1.29, 1.82) is 0 Å². The van der Waals surface area contributed by atoms with Crippen LogP contribution < -0.4 is 5.56 Å². The van der Waals surface area contributed by atoms with Gasteiger partial charge in [-0.05, 0) is 30.3 Å². The minimum Gasteiger partial charge on any atom is -0.361 e. The number of benzene rings is 2. The van der Waals surface area contributed by atoms with E-state index in [-0.39, 0.29) is 18.0 Å². The highest BCUT2D eigenvalue weighted by molar-refractivity contribution is 6.33. The summed E-state index contributed by atoms with van der Waals surface area (Å²) >= 11 is 6.32. The fourth-order valence-electron chi connectivity index (χ4n) is 4.34. The summed E-state index contributed by atoms with van der Waals surface area (Å²) < 4.78 is 1.43. The molecule has 1 aliphatic rings. The second kappa shape index (κ2) is 7.10. The molecular formula is C24H18ClN5O2. The van der Waals surface area contributed by atoms with E-state index < -0.39 is 0 Å². The first kappa shape index (κ1) is 18.9. The van der Waals surface area contributed by atoms with E-state index in [0.29, 0.717) is 34.8 Å². The molecule has 5 aromatic rings. The van der Waals surface area contributed by atoms with Gasteiger partial charge >= 0.3 is 0 Å². The van der Waals surface area contributed by atoms with Gasteiger partial charge in [-0.1, -0.05) is 29.8 Å². The highest BCUT2D eigenvalue weighted by Gasteiger charge is 2.26. The minimum atomic E-state index is -0.193. The molecule has 0 saturated heterocycles. The van der Waals surface area contributed by atoms with Gasteiger partial charge in [0.15, 0.2) is 5.65 Å². The number of carbonyl (C=O) groups excluding carboxylic acids is 1. The number of hydrogen-bond acceptors (Lipinski definition) is 3. The fourth-order valence-corrected chi connectivity index (χ4v) is 4.58. The molecule has 4 heterocycles. The van der Waals surface area contributed by atoms with Crippen molar-refractivity contribution >= 4 is 34.1 Å². The third kappa shape index (κ3) is 2.93. The lowest BCUT2D eigenvalue weighted by Crippen LogP contribution is -2.40. The van der Waals surface area contributed by atoms with Crippen LogP contribution in [0.4, 0.5) is 0 Å². The molecule has 8 heteroatoms. The lowest BCUT2D eigenvalue weighted by molar-refractivity contribution is 0.0732. The van der Waals surface area contributed by atoms with Gasteiger partial charge in [0.2, 0.25) is 0 Å². The monoisotopic (exact) mass is 443 g/mol. The molecule has 1 aliphatic heterocycles. The molecule has 2 aromatic carbocycles. The topological polar surface area (TPSA) is 86.3 Å². The molecule has 158 valence electrons. The van der Waals surface area contributed by atoms with E-state index in [9.17, 15) is 9.59 Å². The quantitative estimate of drug-likeness (QED) is 0.432. The Morgan fingerprint density at radius 1 is 1.09 bits per heavy atom. The Balaban J connectivity index is 1.37. The Morgan fingerprint density at radius 3 is 2.84 bits per heavy atom. The molecule has 3 aromatic heterocycles. The molecule has 0 saturated carbocycles. The van der Waals surface area contributed by atoms with Gasteiger partial charge in [-0.25, -0.2) is 9.50 Å². The smallest absolute Gasteiger partial charge is 0.277 e. The van der Waals surface area contributed by atoms with Crippen LogP contribution >= 0.6 is 11.6 Å². The van der Waals surface area contributed by atoms with E-state index in [1.807, 2.05) is 54.7 Å². The summed E-state index contributed by atoms with van der Waals surface area (Å²) in [5.41, 5.74) is 4.74. The summed E-state index contributed by atoms with van der Waals surface area (Å²) in [6.45, 7) is 0.746. The summed E-state index contributed by atoms with van der Waals surface area (Å²) in [5, 5.41) is 4.69. The average molecular weight is 444 g/mol. The van der Waals surface area contributed by atoms with Crippen molar-refractivity contribution < 1.29 is 4.79 Å². The van der Waals surface area contributed by atoms with Crippen LogP contribution in [0, 0.1) is 0 Å². The first-order valence-corrected chi connectivity index (χ1v) is 10.7. The van der Waals surface area contributed by atoms with E-state index in [1.165, 1.54) is 4.52 Å². The second-order valence-electron chi connectivity index (χ2n) is 7.94. The first-order valence-electron chi connectivity index (χ1n) is 10.3. The molecule has 32 heavy (non-hydrogen) atoms. The Morgan fingerprint density at radius 2 is 1.97 bits per heavy atom. The number of halogens is 1. The lowest BCUT2D eigenvalue weighted by atomic mass is 10.0. The average Bonchev–Trinajstić information content (AvgIpc) is 3.45. The normalized spacial score (nSPS) is 13.6. The van der Waals surface area contributed by atoms with Crippen molar-refractivity contribution in [2.75, 3.05) is 6.54 Å². The van der Waals surface area contributed by atoms with Gasteiger partial charge in [0, 0.05) is 52.3 Å². The van der Waals surface area contributed by atoms with E-state index in [2.05, 4.69) is 10.1 Å². The summed E-state index contributed by atoms with van der Waals surface area (Å²) in [5.74, 6) is -0.0912. The number of rotatable bonds is 2. The van der Waals surface area contributed by atoms with Gasteiger partial charge < -0.3 is 9.88 Å². The summed E-state index contributed by atoms with van der Waals surface area (Å²) in [7, 11) is 0. The van der Waals surface area contributed by atoms with Crippen LogP contribution in [0.15, 0.2) is 65.6 Å². The SMILES string of the molecule is O=C(c1ccc2[nH]ccc2c1)N1CCc2nc3cc(-c4ccccc4Cl)[nH]n3c(=O)c2C1. The number of aromatic amines is 2. The number of H-pyrrole nitrogens is 2. The van der Waals surface area contributed by atoms with Gasteiger partial charge in [0.1, 0.15) is 0 Å². The number of nitrogens with one attached hydrogen (secondary N) is 2. The number of amides is 1. The molecule has 0 aliphatic carbocycles. The maximum atomic E-state index is 13.3. The molecule has 0 radical (unpaired) electrons. The van der Waals surface area contributed by atoms with Gasteiger partial charge in [-0.3, -0.25) is 14.7 Å². The molecule has 6 rings (SSSR count). The Labute approximate surface area is 187 Å². The molecule has 0 bridgehead atoms. The largest absolute Gasteiger partial charge is 0.361 e. The molecule has 0 atom stereocenters. The van der Waals surface area contributed by atoms with Gasteiger partial charge in [-0.15, -0.1) is 0 Å². The Bertz CT molecular complexity index is 1580. The molecule has 7 nitrogen and oxygen atoms in total. The zero-order valence-electron chi connectivity index (χ0n) is 16.9. The Hall–Kier alpha value is -3.84. The predicted molar refractivity (Wildman–Crippen MR) is 123 cm³/mol. The van der Waals surface area contributed by atoms with Crippen molar-refractivity contribution in [3.05, 3.63) is 93.0 Å². The third-order valence-corrected chi connectivity index (χ3v) is 6.34. The Kier molecular flexibility index (Phi) is 4.19. The number of nitrogens with zero attached hydrogens (tertiary/aromatic N) is 3. The standard InChI is InChI=1S/C24H18ClN5O2/c25-18-4-2-1-3-16(18)21-12-22-27-20-8-10-29(13-17(20)24(32)30(22)28-21)23(31)15-5-6-19-14(11-15)7-9-26-19/h1-7,9,11-12,26,28H,8,10,13H2. The summed E-state index contributed by atoms with van der Waals surface area (Å²) in [6, 6.07) is 16.8. The summed E-state index contributed by atoms with van der Waals surface area (Å²) in [4.78, 5) is 35.9. The van der Waals surface area contributed by atoms with E-state index >= 15 is 0 Å². The molecule has 2 N–H and O–H groups in total. The molecular weight excluding hydrogens is 426 g/mol. The molecule has 0 spiro atoms. The van der Waals surface area contributed by atoms with Crippen LogP contribution in [0.25, 0.3) is 27.8 Å². The number of aromatic nitrogens is 4. The van der Waals surface area contributed by atoms with Crippen LogP contribution in [-0.4, -0.2) is 36.9 Å². The molecule has 0 unspecified atom stereocenters. The second-order valence-corrected chi connectivity index (χ2v) is 8.35. The van der Waals surface area contributed by atoms with Crippen molar-refractivity contribution in [3.63, 3.8) is 0 Å². The van der Waals surface area contributed by atoms with E-state index in [0.717, 1.165) is 27.9 Å². The maximum absolute atomic E-state index is 13.3. The maximum Gasteiger partial charge on any atom is 0.277 e. The van der Waals surface area contributed by atoms with E-state index in [1.54, 1.807) is 11.0 Å². The van der Waals surface area contributed by atoms with Gasteiger partial charge in [-0.2, -0.15) is 0 Å². The van der Waals surface area contributed by atoms with Crippen LogP contribution in [-0.2, 0) is 13.0 Å². The lowest BCUT2D eigenvalue weighted by Gasteiger charge is -2.27. The van der Waals surface area contributed by atoms with Crippen LogP contribution in [0.3, 0.4) is 0 Å². The summed E-state index contributed by atoms with van der Waals surface area (Å²) in [6.07, 6.45) is 2.38. The first-order chi connectivity index (χ1) is 15.6. The van der Waals surface area contributed by atoms with Crippen LogP contribution in [0.2, 0.25) is 5.02 Å². The molecule has 0 fully saturated rings. The van der Waals surface area contributed by atoms with Crippen LogP contribution in [0.1, 0.15) is 21.6 Å². The highest BCUT2D eigenvalue weighted by atomic mass is 35.5. The van der Waals surface area contributed by atoms with Crippen molar-refractivity contribution in [2.45, 2.75) is 13.0 Å². The van der Waals surface area contributed by atoms with Gasteiger partial charge in [0.05, 0.1) is 23.5 Å². The molecule has 1 amide bonds. The highest BCUT2D eigenvalue weighted by Crippen LogP contribution is 2.27. The van der Waals surface area contributed by atoms with Crippen molar-refractivity contribution in [2.24, 2.45) is 0 Å². The zero-order chi connectivity index (χ0) is 21.8. The number of hydrogen-bond donors (Lipinski definition) is 2. The number of fused-ring (bicyclic) bond motifs is 3. The van der Waals surface area contributed by atoms with Crippen LogP contribution in [0.5, 0.6) is 0 Å². The van der Waals surface area contributed by atoms with Gasteiger partial charge in [0.25, 0.3) is 11.5 Å². The number of carbonyl (C=O) groups is 1. The zero-order valence-corrected chi connectivity index (χ0v) is 17.7.